The van der Waals surface area contributed by atoms with E-state index in [0.717, 1.165) is 18.1 Å². The molecule has 0 spiro atoms. The first kappa shape index (κ1) is 22.4. The fourth-order valence-electron chi connectivity index (χ4n) is 5.00. The molecule has 1 atom stereocenters. The van der Waals surface area contributed by atoms with Crippen LogP contribution >= 0.6 is 0 Å². The number of hydrazone groups is 1. The van der Waals surface area contributed by atoms with Gasteiger partial charge in [0.15, 0.2) is 0 Å². The first-order valence-corrected chi connectivity index (χ1v) is 12.1. The summed E-state index contributed by atoms with van der Waals surface area (Å²) in [4.78, 5) is 12.9. The van der Waals surface area contributed by atoms with Gasteiger partial charge in [-0.2, -0.15) is 5.10 Å². The number of ether oxygens (including phenoxy) is 2. The summed E-state index contributed by atoms with van der Waals surface area (Å²) >= 11 is 0. The molecular weight excluding hydrogens is 400 g/mol. The molecule has 1 N–H and O–H groups in total. The number of para-hydroxylation sites is 2. The van der Waals surface area contributed by atoms with E-state index in [1.54, 1.807) is 6.07 Å². The van der Waals surface area contributed by atoms with Crippen LogP contribution in [0.2, 0.25) is 0 Å². The Morgan fingerprint density at radius 1 is 0.844 bits per heavy atom. The number of carbonyl (C=O) groups excluding carboxylic acids is 1. The molecule has 1 unspecified atom stereocenters. The SMILES string of the molecule is O=C(NN=C1CCCCC1C1CCCCC1)c1ccccc1OCCOc1ccccc1. The number of nitrogens with zero attached hydrogens (tertiary/aromatic N) is 1. The van der Waals surface area contributed by atoms with Gasteiger partial charge in [-0.1, -0.05) is 56.0 Å². The lowest BCUT2D eigenvalue weighted by molar-refractivity contribution is 0.0948. The molecule has 0 aliphatic heterocycles. The van der Waals surface area contributed by atoms with Crippen molar-refractivity contribution in [3.05, 3.63) is 60.2 Å². The predicted molar refractivity (Wildman–Crippen MR) is 127 cm³/mol. The zero-order valence-electron chi connectivity index (χ0n) is 18.8. The molecule has 2 aliphatic rings. The van der Waals surface area contributed by atoms with Gasteiger partial charge in [-0.25, -0.2) is 5.43 Å². The molecule has 2 saturated carbocycles. The molecule has 0 radical (unpaired) electrons. The topological polar surface area (TPSA) is 59.9 Å². The normalized spacial score (nSPS) is 20.6. The summed E-state index contributed by atoms with van der Waals surface area (Å²) in [7, 11) is 0. The molecular formula is C27H34N2O3. The molecule has 0 saturated heterocycles. The first-order valence-electron chi connectivity index (χ1n) is 12.1. The zero-order chi connectivity index (χ0) is 22.0. The molecule has 32 heavy (non-hydrogen) atoms. The zero-order valence-corrected chi connectivity index (χ0v) is 18.8. The van der Waals surface area contributed by atoms with Crippen LogP contribution in [-0.4, -0.2) is 24.8 Å². The minimum Gasteiger partial charge on any atom is -0.490 e. The van der Waals surface area contributed by atoms with Crippen LogP contribution in [0.25, 0.3) is 0 Å². The Hall–Kier alpha value is -2.82. The molecule has 5 nitrogen and oxygen atoms in total. The monoisotopic (exact) mass is 434 g/mol. The highest BCUT2D eigenvalue weighted by Gasteiger charge is 2.30. The van der Waals surface area contributed by atoms with Crippen LogP contribution in [0, 0.1) is 11.8 Å². The molecule has 170 valence electrons. The van der Waals surface area contributed by atoms with Gasteiger partial charge in [0.25, 0.3) is 5.91 Å². The van der Waals surface area contributed by atoms with Crippen molar-refractivity contribution < 1.29 is 14.3 Å². The van der Waals surface area contributed by atoms with E-state index in [-0.39, 0.29) is 5.91 Å². The van der Waals surface area contributed by atoms with Crippen molar-refractivity contribution in [3.63, 3.8) is 0 Å². The van der Waals surface area contributed by atoms with E-state index < -0.39 is 0 Å². The van der Waals surface area contributed by atoms with E-state index in [4.69, 9.17) is 9.47 Å². The Morgan fingerprint density at radius 2 is 1.56 bits per heavy atom. The summed E-state index contributed by atoms with van der Waals surface area (Å²) in [6, 6.07) is 16.9. The molecule has 2 aromatic carbocycles. The van der Waals surface area contributed by atoms with Gasteiger partial charge in [0.05, 0.1) is 5.56 Å². The third-order valence-electron chi connectivity index (χ3n) is 6.63. The second-order valence-electron chi connectivity index (χ2n) is 8.80. The molecule has 2 aliphatic carbocycles. The molecule has 2 aromatic rings. The lowest BCUT2D eigenvalue weighted by Gasteiger charge is -2.33. The fraction of sp³-hybridized carbons (Fsp3) is 0.481. The summed E-state index contributed by atoms with van der Waals surface area (Å²) in [5.74, 6) is 2.41. The van der Waals surface area contributed by atoms with E-state index in [1.165, 1.54) is 57.1 Å². The van der Waals surface area contributed by atoms with E-state index in [2.05, 4.69) is 10.5 Å². The quantitative estimate of drug-likeness (QED) is 0.409. The van der Waals surface area contributed by atoms with Crippen molar-refractivity contribution in [1.82, 2.24) is 5.43 Å². The molecule has 2 fully saturated rings. The van der Waals surface area contributed by atoms with E-state index in [9.17, 15) is 4.79 Å². The number of benzene rings is 2. The highest BCUT2D eigenvalue weighted by molar-refractivity contribution is 5.98. The number of carbonyl (C=O) groups is 1. The number of hydrogen-bond donors (Lipinski definition) is 1. The molecule has 1 amide bonds. The van der Waals surface area contributed by atoms with Crippen LogP contribution in [0.3, 0.4) is 0 Å². The van der Waals surface area contributed by atoms with Crippen molar-refractivity contribution in [1.29, 1.82) is 0 Å². The van der Waals surface area contributed by atoms with Crippen LogP contribution in [-0.2, 0) is 0 Å². The Bertz CT molecular complexity index is 891. The third-order valence-corrected chi connectivity index (χ3v) is 6.63. The van der Waals surface area contributed by atoms with Gasteiger partial charge in [0.1, 0.15) is 24.7 Å². The Balaban J connectivity index is 1.34. The Labute approximate surface area is 191 Å². The van der Waals surface area contributed by atoms with Gasteiger partial charge in [0.2, 0.25) is 0 Å². The summed E-state index contributed by atoms with van der Waals surface area (Å²) < 4.78 is 11.5. The van der Waals surface area contributed by atoms with Crippen LogP contribution in [0.1, 0.15) is 68.1 Å². The van der Waals surface area contributed by atoms with E-state index >= 15 is 0 Å². The van der Waals surface area contributed by atoms with Crippen molar-refractivity contribution in [2.45, 2.75) is 57.8 Å². The van der Waals surface area contributed by atoms with E-state index in [1.807, 2.05) is 48.5 Å². The number of hydrogen-bond acceptors (Lipinski definition) is 4. The lowest BCUT2D eigenvalue weighted by atomic mass is 9.72. The molecule has 0 heterocycles. The maximum atomic E-state index is 12.9. The van der Waals surface area contributed by atoms with Gasteiger partial charge in [0, 0.05) is 11.6 Å². The highest BCUT2D eigenvalue weighted by atomic mass is 16.5. The van der Waals surface area contributed by atoms with Crippen molar-refractivity contribution in [2.75, 3.05) is 13.2 Å². The first-order chi connectivity index (χ1) is 15.8. The average molecular weight is 435 g/mol. The second kappa shape index (κ2) is 11.7. The number of nitrogens with one attached hydrogen (secondary N) is 1. The lowest BCUT2D eigenvalue weighted by Crippen LogP contribution is -2.31. The minimum atomic E-state index is -0.218. The summed E-state index contributed by atoms with van der Waals surface area (Å²) in [5.41, 5.74) is 4.52. The van der Waals surface area contributed by atoms with Crippen LogP contribution in [0.15, 0.2) is 59.7 Å². The second-order valence-corrected chi connectivity index (χ2v) is 8.80. The van der Waals surface area contributed by atoms with Gasteiger partial charge in [-0.05, 0) is 62.3 Å². The molecule has 5 heteroatoms. The predicted octanol–water partition coefficient (Wildman–Crippen LogP) is 6.00. The maximum absolute atomic E-state index is 12.9. The van der Waals surface area contributed by atoms with Gasteiger partial charge >= 0.3 is 0 Å². The van der Waals surface area contributed by atoms with Crippen LogP contribution in [0.4, 0.5) is 0 Å². The smallest absolute Gasteiger partial charge is 0.275 e. The summed E-state index contributed by atoms with van der Waals surface area (Å²) in [6.45, 7) is 0.767. The van der Waals surface area contributed by atoms with Crippen molar-refractivity contribution in [3.8, 4) is 11.5 Å². The van der Waals surface area contributed by atoms with Crippen LogP contribution in [0.5, 0.6) is 11.5 Å². The molecule has 0 aromatic heterocycles. The van der Waals surface area contributed by atoms with Gasteiger partial charge in [-0.15, -0.1) is 0 Å². The number of rotatable bonds is 8. The number of amides is 1. The van der Waals surface area contributed by atoms with Gasteiger partial charge < -0.3 is 9.47 Å². The Morgan fingerprint density at radius 3 is 2.41 bits per heavy atom. The Kier molecular flexibility index (Phi) is 8.18. The third kappa shape index (κ3) is 6.12. The minimum absolute atomic E-state index is 0.218. The van der Waals surface area contributed by atoms with Crippen molar-refractivity contribution >= 4 is 11.6 Å². The maximum Gasteiger partial charge on any atom is 0.275 e. The average Bonchev–Trinajstić information content (AvgIpc) is 2.87. The van der Waals surface area contributed by atoms with Crippen LogP contribution < -0.4 is 14.9 Å². The van der Waals surface area contributed by atoms with Gasteiger partial charge in [-0.3, -0.25) is 4.79 Å². The molecule has 4 rings (SSSR count). The standard InChI is InChI=1S/C27H34N2O3/c30-27(29-28-25-17-9-7-15-23(25)21-11-3-1-4-12-21)24-16-8-10-18-26(24)32-20-19-31-22-13-5-2-6-14-22/h2,5-6,8,10,13-14,16,18,21,23H,1,3-4,7,9,11-12,15,17,19-20H2,(H,29,30). The van der Waals surface area contributed by atoms with Crippen molar-refractivity contribution in [2.24, 2.45) is 16.9 Å². The highest BCUT2D eigenvalue weighted by Crippen LogP contribution is 2.37. The summed E-state index contributed by atoms with van der Waals surface area (Å²) in [5, 5.41) is 4.63. The molecule has 0 bridgehead atoms. The summed E-state index contributed by atoms with van der Waals surface area (Å²) in [6.07, 6.45) is 11.3. The largest absolute Gasteiger partial charge is 0.490 e. The van der Waals surface area contributed by atoms with E-state index in [0.29, 0.717) is 30.4 Å². The fourth-order valence-corrected chi connectivity index (χ4v) is 5.00.